The summed E-state index contributed by atoms with van der Waals surface area (Å²) in [5.74, 6) is 0.478. The van der Waals surface area contributed by atoms with Crippen LogP contribution in [0.3, 0.4) is 0 Å². The van der Waals surface area contributed by atoms with Gasteiger partial charge in [-0.25, -0.2) is 4.79 Å². The first-order chi connectivity index (χ1) is 16.9. The standard InChI is InChI=1S/C26H19Br2N3O4/c1-34-23-12-17(10-21(28)24(23)35-15-19-5-3-2-4-18(19)13-29)11-22-25(32)31(26(33)30-22)14-16-6-8-20(27)9-7-16/h2-12H,14-15H2,1H3,(H,30,33)/b22-11+. The van der Waals surface area contributed by atoms with Crippen LogP contribution in [0.25, 0.3) is 6.08 Å². The number of nitrogens with zero attached hydrogens (tertiary/aromatic N) is 2. The Morgan fingerprint density at radius 1 is 1.09 bits per heavy atom. The minimum atomic E-state index is -0.480. The number of nitriles is 1. The van der Waals surface area contributed by atoms with Gasteiger partial charge in [0.1, 0.15) is 12.3 Å². The number of benzene rings is 3. The quantitative estimate of drug-likeness (QED) is 0.276. The third-order valence-corrected chi connectivity index (χ3v) is 6.41. The van der Waals surface area contributed by atoms with Gasteiger partial charge in [0.15, 0.2) is 11.5 Å². The number of halogens is 2. The molecule has 0 unspecified atom stereocenters. The molecular weight excluding hydrogens is 578 g/mol. The van der Waals surface area contributed by atoms with E-state index >= 15 is 0 Å². The zero-order valence-corrected chi connectivity index (χ0v) is 21.7. The molecule has 3 aromatic rings. The van der Waals surface area contributed by atoms with Crippen LogP contribution in [0.4, 0.5) is 4.79 Å². The van der Waals surface area contributed by atoms with Gasteiger partial charge in [-0.3, -0.25) is 9.69 Å². The van der Waals surface area contributed by atoms with Gasteiger partial charge in [-0.05, 0) is 63.5 Å². The summed E-state index contributed by atoms with van der Waals surface area (Å²) in [5.41, 5.74) is 2.92. The highest BCUT2D eigenvalue weighted by Crippen LogP contribution is 2.38. The Morgan fingerprint density at radius 3 is 2.54 bits per heavy atom. The molecule has 0 aromatic heterocycles. The number of hydrogen-bond donors (Lipinski definition) is 1. The van der Waals surface area contributed by atoms with Crippen molar-refractivity contribution in [3.63, 3.8) is 0 Å². The number of carbonyl (C=O) groups is 2. The van der Waals surface area contributed by atoms with Crippen molar-refractivity contribution < 1.29 is 19.1 Å². The lowest BCUT2D eigenvalue weighted by Gasteiger charge is -2.14. The third-order valence-electron chi connectivity index (χ3n) is 5.29. The van der Waals surface area contributed by atoms with Crippen molar-refractivity contribution in [1.29, 1.82) is 5.26 Å². The normalized spacial score (nSPS) is 14.1. The van der Waals surface area contributed by atoms with E-state index in [1.165, 1.54) is 7.11 Å². The Hall–Kier alpha value is -3.61. The van der Waals surface area contributed by atoms with E-state index in [0.29, 0.717) is 27.1 Å². The number of amides is 3. The minimum Gasteiger partial charge on any atom is -0.493 e. The number of ether oxygens (including phenoxy) is 2. The second kappa shape index (κ2) is 10.8. The van der Waals surface area contributed by atoms with Crippen LogP contribution in [0.1, 0.15) is 22.3 Å². The molecule has 9 heteroatoms. The van der Waals surface area contributed by atoms with Gasteiger partial charge < -0.3 is 14.8 Å². The molecule has 3 amide bonds. The molecule has 3 aromatic carbocycles. The fourth-order valence-corrected chi connectivity index (χ4v) is 4.36. The van der Waals surface area contributed by atoms with Crippen molar-refractivity contribution in [2.45, 2.75) is 13.2 Å². The highest BCUT2D eigenvalue weighted by atomic mass is 79.9. The van der Waals surface area contributed by atoms with Crippen molar-refractivity contribution in [2.24, 2.45) is 0 Å². The van der Waals surface area contributed by atoms with Crippen molar-refractivity contribution in [3.05, 3.63) is 97.6 Å². The molecular formula is C26H19Br2N3O4. The fraction of sp³-hybridized carbons (Fsp3) is 0.115. The van der Waals surface area contributed by atoms with E-state index in [4.69, 9.17) is 9.47 Å². The molecule has 1 aliphatic heterocycles. The summed E-state index contributed by atoms with van der Waals surface area (Å²) in [6.45, 7) is 0.345. The molecule has 35 heavy (non-hydrogen) atoms. The van der Waals surface area contributed by atoms with E-state index in [1.807, 2.05) is 36.4 Å². The first-order valence-corrected chi connectivity index (χ1v) is 12.1. The van der Waals surface area contributed by atoms with E-state index < -0.39 is 11.9 Å². The number of nitrogens with one attached hydrogen (secondary N) is 1. The Labute approximate surface area is 219 Å². The maximum absolute atomic E-state index is 12.9. The number of methoxy groups -OCH3 is 1. The number of rotatable bonds is 7. The third kappa shape index (κ3) is 5.56. The van der Waals surface area contributed by atoms with Gasteiger partial charge in [0, 0.05) is 10.0 Å². The maximum atomic E-state index is 12.9. The predicted molar refractivity (Wildman–Crippen MR) is 137 cm³/mol. The van der Waals surface area contributed by atoms with Gasteiger partial charge >= 0.3 is 6.03 Å². The van der Waals surface area contributed by atoms with Crippen LogP contribution in [0, 0.1) is 11.3 Å². The van der Waals surface area contributed by atoms with E-state index in [9.17, 15) is 14.9 Å². The largest absolute Gasteiger partial charge is 0.493 e. The van der Waals surface area contributed by atoms with Gasteiger partial charge in [0.05, 0.1) is 29.8 Å². The van der Waals surface area contributed by atoms with Gasteiger partial charge in [-0.2, -0.15) is 5.26 Å². The second-order valence-corrected chi connectivity index (χ2v) is 9.37. The molecule has 0 bridgehead atoms. The molecule has 1 aliphatic rings. The number of hydrogen-bond acceptors (Lipinski definition) is 5. The Kier molecular flexibility index (Phi) is 7.54. The van der Waals surface area contributed by atoms with Crippen molar-refractivity contribution in [1.82, 2.24) is 10.2 Å². The molecule has 1 heterocycles. The van der Waals surface area contributed by atoms with E-state index in [1.54, 1.807) is 30.3 Å². The predicted octanol–water partition coefficient (Wildman–Crippen LogP) is 5.76. The molecule has 1 saturated heterocycles. The number of urea groups is 1. The van der Waals surface area contributed by atoms with E-state index in [-0.39, 0.29) is 18.8 Å². The zero-order valence-electron chi connectivity index (χ0n) is 18.5. The second-order valence-electron chi connectivity index (χ2n) is 7.60. The monoisotopic (exact) mass is 595 g/mol. The van der Waals surface area contributed by atoms with Crippen LogP contribution in [0.2, 0.25) is 0 Å². The Balaban J connectivity index is 1.54. The molecule has 0 saturated carbocycles. The highest BCUT2D eigenvalue weighted by molar-refractivity contribution is 9.10. The van der Waals surface area contributed by atoms with Crippen LogP contribution in [-0.4, -0.2) is 23.9 Å². The van der Waals surface area contributed by atoms with Crippen LogP contribution in [-0.2, 0) is 17.9 Å². The van der Waals surface area contributed by atoms with Crippen molar-refractivity contribution in [3.8, 4) is 17.6 Å². The first kappa shape index (κ1) is 24.5. The van der Waals surface area contributed by atoms with Crippen molar-refractivity contribution >= 4 is 49.9 Å². The van der Waals surface area contributed by atoms with E-state index in [0.717, 1.165) is 20.5 Å². The molecule has 1 fully saturated rings. The summed E-state index contributed by atoms with van der Waals surface area (Å²) in [6, 6.07) is 19.7. The van der Waals surface area contributed by atoms with Crippen LogP contribution < -0.4 is 14.8 Å². The number of carbonyl (C=O) groups excluding carboxylic acids is 2. The van der Waals surface area contributed by atoms with Gasteiger partial charge in [-0.15, -0.1) is 0 Å². The van der Waals surface area contributed by atoms with Gasteiger partial charge in [0.2, 0.25) is 0 Å². The van der Waals surface area contributed by atoms with E-state index in [2.05, 4.69) is 43.2 Å². The Morgan fingerprint density at radius 2 is 1.83 bits per heavy atom. The van der Waals surface area contributed by atoms with Crippen LogP contribution >= 0.6 is 31.9 Å². The maximum Gasteiger partial charge on any atom is 0.329 e. The fourth-order valence-electron chi connectivity index (χ4n) is 3.52. The molecule has 7 nitrogen and oxygen atoms in total. The summed E-state index contributed by atoms with van der Waals surface area (Å²) in [5, 5.41) is 11.9. The van der Waals surface area contributed by atoms with Gasteiger partial charge in [0.25, 0.3) is 5.91 Å². The lowest BCUT2D eigenvalue weighted by molar-refractivity contribution is -0.123. The summed E-state index contributed by atoms with van der Waals surface area (Å²) in [4.78, 5) is 26.5. The Bertz CT molecular complexity index is 1360. The van der Waals surface area contributed by atoms with Gasteiger partial charge in [-0.1, -0.05) is 46.3 Å². The first-order valence-electron chi connectivity index (χ1n) is 10.5. The molecule has 0 spiro atoms. The molecule has 0 atom stereocenters. The molecule has 4 rings (SSSR count). The topological polar surface area (TPSA) is 91.7 Å². The summed E-state index contributed by atoms with van der Waals surface area (Å²) in [6.07, 6.45) is 1.59. The number of imide groups is 1. The molecule has 1 N–H and O–H groups in total. The average Bonchev–Trinajstić information content (AvgIpc) is 3.11. The smallest absolute Gasteiger partial charge is 0.329 e. The molecule has 176 valence electrons. The SMILES string of the molecule is COc1cc(/C=C2/NC(=O)N(Cc3ccc(Br)cc3)C2=O)cc(Br)c1OCc1ccccc1C#N. The van der Waals surface area contributed by atoms with Crippen LogP contribution in [0.15, 0.2) is 75.3 Å². The van der Waals surface area contributed by atoms with Crippen molar-refractivity contribution in [2.75, 3.05) is 7.11 Å². The minimum absolute atomic E-state index is 0.165. The lowest BCUT2D eigenvalue weighted by atomic mass is 10.1. The highest BCUT2D eigenvalue weighted by Gasteiger charge is 2.33. The zero-order chi connectivity index (χ0) is 24.9. The molecule has 0 radical (unpaired) electrons. The van der Waals surface area contributed by atoms with Crippen LogP contribution in [0.5, 0.6) is 11.5 Å². The molecule has 0 aliphatic carbocycles. The summed E-state index contributed by atoms with van der Waals surface area (Å²) >= 11 is 6.87. The summed E-state index contributed by atoms with van der Waals surface area (Å²) < 4.78 is 13.0. The lowest BCUT2D eigenvalue weighted by Crippen LogP contribution is -2.30. The summed E-state index contributed by atoms with van der Waals surface area (Å²) in [7, 11) is 1.51. The average molecular weight is 597 g/mol.